The second-order valence-electron chi connectivity index (χ2n) is 5.93. The van der Waals surface area contributed by atoms with Crippen LogP contribution in [0.2, 0.25) is 0 Å². The van der Waals surface area contributed by atoms with E-state index in [-0.39, 0.29) is 30.3 Å². The summed E-state index contributed by atoms with van der Waals surface area (Å²) in [6.07, 6.45) is 4.53. The molecule has 2 saturated heterocycles. The Morgan fingerprint density at radius 2 is 2.00 bits per heavy atom. The molecular weight excluding hydrogens is 274 g/mol. The Balaban J connectivity index is 1.64. The smallest absolute Gasteiger partial charge is 0.303 e. The molecule has 0 aliphatic carbocycles. The van der Waals surface area contributed by atoms with Crippen molar-refractivity contribution in [2.45, 2.75) is 50.6 Å². The molecule has 2 aliphatic rings. The Hall–Kier alpha value is -1.36. The number of carbonyl (C=O) groups excluding carboxylic acids is 1. The summed E-state index contributed by atoms with van der Waals surface area (Å²) in [4.78, 5) is 25.4. The fourth-order valence-corrected chi connectivity index (χ4v) is 4.44. The summed E-state index contributed by atoms with van der Waals surface area (Å²) in [5.41, 5.74) is 1.09. The minimum absolute atomic E-state index is 0.213. The van der Waals surface area contributed by atoms with E-state index in [0.29, 0.717) is 6.42 Å². The monoisotopic (exact) mass is 293 g/mol. The van der Waals surface area contributed by atoms with Crippen molar-refractivity contribution < 1.29 is 14.7 Å². The number of carbonyl (C=O) groups is 2. The van der Waals surface area contributed by atoms with Gasteiger partial charge in [-0.05, 0) is 54.0 Å². The lowest BCUT2D eigenvalue weighted by Crippen LogP contribution is -2.47. The van der Waals surface area contributed by atoms with Crippen molar-refractivity contribution in [1.29, 1.82) is 0 Å². The molecule has 2 atom stereocenters. The first kappa shape index (κ1) is 13.6. The fourth-order valence-electron chi connectivity index (χ4n) is 3.77. The number of amides is 1. The van der Waals surface area contributed by atoms with Crippen molar-refractivity contribution in [3.63, 3.8) is 0 Å². The van der Waals surface area contributed by atoms with Crippen molar-refractivity contribution in [1.82, 2.24) is 4.90 Å². The van der Waals surface area contributed by atoms with E-state index in [9.17, 15) is 9.59 Å². The summed E-state index contributed by atoms with van der Waals surface area (Å²) in [5.74, 6) is -0.257. The van der Waals surface area contributed by atoms with Crippen LogP contribution < -0.4 is 0 Å². The molecule has 0 aromatic carbocycles. The van der Waals surface area contributed by atoms with Crippen molar-refractivity contribution >= 4 is 23.2 Å². The molecule has 0 radical (unpaired) electrons. The number of rotatable bonds is 4. The SMILES string of the molecule is O=C(O)CC1CC2CCC(C1)N2C(=O)Cc1ccsc1. The van der Waals surface area contributed by atoms with Gasteiger partial charge in [0.15, 0.2) is 0 Å². The quantitative estimate of drug-likeness (QED) is 0.928. The molecular formula is C15H19NO3S. The highest BCUT2D eigenvalue weighted by Gasteiger charge is 2.43. The van der Waals surface area contributed by atoms with E-state index in [1.807, 2.05) is 16.8 Å². The van der Waals surface area contributed by atoms with Crippen LogP contribution in [0, 0.1) is 5.92 Å². The zero-order chi connectivity index (χ0) is 14.1. The van der Waals surface area contributed by atoms with Crippen LogP contribution in [0.3, 0.4) is 0 Å². The van der Waals surface area contributed by atoms with Crippen molar-refractivity contribution in [3.05, 3.63) is 22.4 Å². The highest BCUT2D eigenvalue weighted by Crippen LogP contribution is 2.40. The van der Waals surface area contributed by atoms with Crippen LogP contribution in [0.4, 0.5) is 0 Å². The number of hydrogen-bond donors (Lipinski definition) is 1. The van der Waals surface area contributed by atoms with E-state index in [1.54, 1.807) is 11.3 Å². The molecule has 2 fully saturated rings. The third-order valence-electron chi connectivity index (χ3n) is 4.52. The average molecular weight is 293 g/mol. The summed E-state index contributed by atoms with van der Waals surface area (Å²) in [7, 11) is 0. The maximum Gasteiger partial charge on any atom is 0.303 e. The lowest BCUT2D eigenvalue weighted by Gasteiger charge is -2.38. The van der Waals surface area contributed by atoms with Gasteiger partial charge in [-0.3, -0.25) is 9.59 Å². The van der Waals surface area contributed by atoms with E-state index < -0.39 is 5.97 Å². The van der Waals surface area contributed by atoms with Gasteiger partial charge in [0.05, 0.1) is 6.42 Å². The molecule has 1 N–H and O–H groups in total. The van der Waals surface area contributed by atoms with Crippen LogP contribution in [-0.2, 0) is 16.0 Å². The molecule has 5 heteroatoms. The van der Waals surface area contributed by atoms with Crippen LogP contribution in [0.5, 0.6) is 0 Å². The van der Waals surface area contributed by atoms with E-state index in [4.69, 9.17) is 5.11 Å². The lowest BCUT2D eigenvalue weighted by molar-refractivity contribution is -0.139. The first-order valence-corrected chi connectivity index (χ1v) is 8.12. The summed E-state index contributed by atoms with van der Waals surface area (Å²) in [6.45, 7) is 0. The standard InChI is InChI=1S/C15H19NO3S/c17-14(7-10-3-4-20-9-10)16-12-1-2-13(16)6-11(5-12)8-15(18)19/h3-4,9,11-13H,1-2,5-8H2,(H,18,19). The molecule has 2 unspecified atom stereocenters. The van der Waals surface area contributed by atoms with E-state index >= 15 is 0 Å². The number of carboxylic acid groups (broad SMARTS) is 1. The largest absolute Gasteiger partial charge is 0.481 e. The summed E-state index contributed by atoms with van der Waals surface area (Å²) >= 11 is 1.62. The average Bonchev–Trinajstić information content (AvgIpc) is 2.95. The minimum Gasteiger partial charge on any atom is -0.481 e. The van der Waals surface area contributed by atoms with Crippen LogP contribution in [0.25, 0.3) is 0 Å². The molecule has 108 valence electrons. The maximum atomic E-state index is 12.5. The molecule has 0 spiro atoms. The fraction of sp³-hybridized carbons (Fsp3) is 0.600. The highest BCUT2D eigenvalue weighted by atomic mass is 32.1. The molecule has 3 rings (SSSR count). The molecule has 3 heterocycles. The molecule has 20 heavy (non-hydrogen) atoms. The Morgan fingerprint density at radius 1 is 1.30 bits per heavy atom. The number of piperidine rings is 1. The first-order valence-electron chi connectivity index (χ1n) is 7.17. The van der Waals surface area contributed by atoms with Gasteiger partial charge in [-0.2, -0.15) is 11.3 Å². The lowest BCUT2D eigenvalue weighted by atomic mass is 9.88. The van der Waals surface area contributed by atoms with Crippen LogP contribution in [0.15, 0.2) is 16.8 Å². The van der Waals surface area contributed by atoms with Gasteiger partial charge in [-0.1, -0.05) is 0 Å². The zero-order valence-electron chi connectivity index (χ0n) is 11.3. The molecule has 1 aromatic heterocycles. The summed E-state index contributed by atoms with van der Waals surface area (Å²) < 4.78 is 0. The Labute approximate surface area is 122 Å². The summed E-state index contributed by atoms with van der Waals surface area (Å²) in [5, 5.41) is 12.9. The van der Waals surface area contributed by atoms with Crippen molar-refractivity contribution in [2.24, 2.45) is 5.92 Å². The van der Waals surface area contributed by atoms with Gasteiger partial charge >= 0.3 is 5.97 Å². The number of aliphatic carboxylic acids is 1. The molecule has 2 bridgehead atoms. The number of hydrogen-bond acceptors (Lipinski definition) is 3. The zero-order valence-corrected chi connectivity index (χ0v) is 12.1. The molecule has 0 saturated carbocycles. The van der Waals surface area contributed by atoms with Gasteiger partial charge in [0, 0.05) is 18.5 Å². The van der Waals surface area contributed by atoms with E-state index in [2.05, 4.69) is 4.90 Å². The van der Waals surface area contributed by atoms with Crippen LogP contribution in [-0.4, -0.2) is 34.0 Å². The second-order valence-corrected chi connectivity index (χ2v) is 6.71. The molecule has 1 aromatic rings. The third-order valence-corrected chi connectivity index (χ3v) is 5.25. The normalized spacial score (nSPS) is 28.6. The molecule has 4 nitrogen and oxygen atoms in total. The number of fused-ring (bicyclic) bond motifs is 2. The highest BCUT2D eigenvalue weighted by molar-refractivity contribution is 7.07. The van der Waals surface area contributed by atoms with Gasteiger partial charge in [0.25, 0.3) is 0 Å². The Morgan fingerprint density at radius 3 is 2.55 bits per heavy atom. The predicted molar refractivity (Wildman–Crippen MR) is 76.7 cm³/mol. The van der Waals surface area contributed by atoms with Gasteiger partial charge in [-0.15, -0.1) is 0 Å². The predicted octanol–water partition coefficient (Wildman–Crippen LogP) is 2.53. The topological polar surface area (TPSA) is 57.6 Å². The van der Waals surface area contributed by atoms with Gasteiger partial charge in [-0.25, -0.2) is 0 Å². The van der Waals surface area contributed by atoms with E-state index in [1.165, 1.54) is 0 Å². The van der Waals surface area contributed by atoms with Gasteiger partial charge < -0.3 is 10.0 Å². The first-order chi connectivity index (χ1) is 9.63. The van der Waals surface area contributed by atoms with Crippen LogP contribution >= 0.6 is 11.3 Å². The van der Waals surface area contributed by atoms with Crippen molar-refractivity contribution in [3.8, 4) is 0 Å². The number of carboxylic acids is 1. The number of thiophene rings is 1. The number of nitrogens with zero attached hydrogens (tertiary/aromatic N) is 1. The Kier molecular flexibility index (Phi) is 3.78. The van der Waals surface area contributed by atoms with E-state index in [0.717, 1.165) is 31.2 Å². The second kappa shape index (κ2) is 5.56. The molecule has 2 aliphatic heterocycles. The third kappa shape index (κ3) is 2.73. The van der Waals surface area contributed by atoms with Crippen molar-refractivity contribution in [2.75, 3.05) is 0 Å². The van der Waals surface area contributed by atoms with Gasteiger partial charge in [0.2, 0.25) is 5.91 Å². The summed E-state index contributed by atoms with van der Waals surface area (Å²) in [6, 6.07) is 2.54. The maximum absolute atomic E-state index is 12.5. The molecule has 1 amide bonds. The minimum atomic E-state index is -0.715. The Bertz CT molecular complexity index is 485. The van der Waals surface area contributed by atoms with Crippen LogP contribution in [0.1, 0.15) is 37.7 Å². The van der Waals surface area contributed by atoms with Gasteiger partial charge in [0.1, 0.15) is 0 Å².